The Kier molecular flexibility index (Phi) is 2.44. The van der Waals surface area contributed by atoms with E-state index in [2.05, 4.69) is 0 Å². The molecule has 0 aromatic heterocycles. The van der Waals surface area contributed by atoms with Gasteiger partial charge in [-0.2, -0.15) is 0 Å². The normalized spacial score (nSPS) is 30.6. The highest BCUT2D eigenvalue weighted by Gasteiger charge is 2.45. The molecular formula is C10H15NO3. The largest absolute Gasteiger partial charge is 0.450 e. The number of rotatable bonds is 1. The third kappa shape index (κ3) is 1.38. The molecule has 2 atom stereocenters. The van der Waals surface area contributed by atoms with Gasteiger partial charge in [0.15, 0.2) is 5.78 Å². The van der Waals surface area contributed by atoms with Gasteiger partial charge in [-0.1, -0.05) is 0 Å². The van der Waals surface area contributed by atoms with Crippen molar-refractivity contribution in [1.29, 1.82) is 0 Å². The van der Waals surface area contributed by atoms with Gasteiger partial charge in [0.05, 0.1) is 12.6 Å². The topological polar surface area (TPSA) is 46.6 Å². The molecule has 2 saturated heterocycles. The lowest BCUT2D eigenvalue weighted by Gasteiger charge is -2.32. The van der Waals surface area contributed by atoms with Gasteiger partial charge in [-0.3, -0.25) is 9.69 Å². The fourth-order valence-electron chi connectivity index (χ4n) is 2.44. The van der Waals surface area contributed by atoms with Gasteiger partial charge in [-0.15, -0.1) is 0 Å². The predicted octanol–water partition coefficient (Wildman–Crippen LogP) is 1.34. The SMILES string of the molecule is CCOC(=O)N1C2CCCC1C(=O)C2. The Balaban J connectivity index is 2.12. The highest BCUT2D eigenvalue weighted by atomic mass is 16.6. The van der Waals surface area contributed by atoms with E-state index >= 15 is 0 Å². The van der Waals surface area contributed by atoms with Gasteiger partial charge in [0.25, 0.3) is 0 Å². The highest BCUT2D eigenvalue weighted by molar-refractivity contribution is 5.91. The molecule has 0 spiro atoms. The van der Waals surface area contributed by atoms with Gasteiger partial charge < -0.3 is 4.74 Å². The van der Waals surface area contributed by atoms with Crippen LogP contribution < -0.4 is 0 Å². The lowest BCUT2D eigenvalue weighted by Crippen LogP contribution is -2.45. The second-order valence-corrected chi connectivity index (χ2v) is 3.88. The Morgan fingerprint density at radius 1 is 1.57 bits per heavy atom. The fraction of sp³-hybridized carbons (Fsp3) is 0.800. The number of hydrogen-bond acceptors (Lipinski definition) is 3. The Morgan fingerprint density at radius 2 is 2.36 bits per heavy atom. The van der Waals surface area contributed by atoms with Crippen molar-refractivity contribution in [3.05, 3.63) is 0 Å². The van der Waals surface area contributed by atoms with Crippen LogP contribution in [0.25, 0.3) is 0 Å². The van der Waals surface area contributed by atoms with Crippen molar-refractivity contribution in [2.24, 2.45) is 0 Å². The van der Waals surface area contributed by atoms with Gasteiger partial charge in [0, 0.05) is 12.5 Å². The number of piperidine rings is 1. The first-order chi connectivity index (χ1) is 6.74. The minimum atomic E-state index is -0.312. The average Bonchev–Trinajstić information content (AvgIpc) is 2.34. The van der Waals surface area contributed by atoms with Crippen LogP contribution in [0.4, 0.5) is 4.79 Å². The molecule has 0 N–H and O–H groups in total. The molecule has 0 aliphatic carbocycles. The van der Waals surface area contributed by atoms with Crippen LogP contribution in [0, 0.1) is 0 Å². The minimum absolute atomic E-state index is 0.111. The summed E-state index contributed by atoms with van der Waals surface area (Å²) >= 11 is 0. The molecule has 2 unspecified atom stereocenters. The number of fused-ring (bicyclic) bond motifs is 2. The van der Waals surface area contributed by atoms with Crippen LogP contribution >= 0.6 is 0 Å². The molecule has 2 aliphatic heterocycles. The van der Waals surface area contributed by atoms with E-state index in [1.165, 1.54) is 0 Å². The van der Waals surface area contributed by atoms with E-state index in [0.29, 0.717) is 13.0 Å². The van der Waals surface area contributed by atoms with Crippen molar-refractivity contribution in [3.63, 3.8) is 0 Å². The Bertz CT molecular complexity index is 264. The quantitative estimate of drug-likeness (QED) is 0.637. The third-order valence-electron chi connectivity index (χ3n) is 3.03. The fourth-order valence-corrected chi connectivity index (χ4v) is 2.44. The Labute approximate surface area is 83.2 Å². The summed E-state index contributed by atoms with van der Waals surface area (Å²) in [4.78, 5) is 24.7. The molecule has 4 heteroatoms. The second-order valence-electron chi connectivity index (χ2n) is 3.88. The van der Waals surface area contributed by atoms with Gasteiger partial charge >= 0.3 is 6.09 Å². The molecule has 1 amide bonds. The highest BCUT2D eigenvalue weighted by Crippen LogP contribution is 2.33. The average molecular weight is 197 g/mol. The minimum Gasteiger partial charge on any atom is -0.450 e. The van der Waals surface area contributed by atoms with Crippen LogP contribution in [0.1, 0.15) is 32.6 Å². The molecular weight excluding hydrogens is 182 g/mol. The summed E-state index contributed by atoms with van der Waals surface area (Å²) in [6, 6.07) is -0.0758. The summed E-state index contributed by atoms with van der Waals surface area (Å²) in [5, 5.41) is 0. The number of amides is 1. The van der Waals surface area contributed by atoms with E-state index in [9.17, 15) is 9.59 Å². The maximum Gasteiger partial charge on any atom is 0.410 e. The van der Waals surface area contributed by atoms with E-state index in [0.717, 1.165) is 19.3 Å². The van der Waals surface area contributed by atoms with E-state index < -0.39 is 0 Å². The van der Waals surface area contributed by atoms with E-state index in [4.69, 9.17) is 4.74 Å². The van der Waals surface area contributed by atoms with Crippen LogP contribution in [-0.4, -0.2) is 35.5 Å². The van der Waals surface area contributed by atoms with Crippen LogP contribution in [0.3, 0.4) is 0 Å². The molecule has 14 heavy (non-hydrogen) atoms. The number of hydrogen-bond donors (Lipinski definition) is 0. The van der Waals surface area contributed by atoms with Gasteiger partial charge in [0.2, 0.25) is 0 Å². The zero-order valence-corrected chi connectivity index (χ0v) is 8.36. The number of ketones is 1. The summed E-state index contributed by atoms with van der Waals surface area (Å²) in [5.41, 5.74) is 0. The number of carbonyl (C=O) groups is 2. The molecule has 0 aromatic rings. The van der Waals surface area contributed by atoms with E-state index in [1.54, 1.807) is 11.8 Å². The first-order valence-electron chi connectivity index (χ1n) is 5.22. The van der Waals surface area contributed by atoms with Crippen molar-refractivity contribution in [2.45, 2.75) is 44.7 Å². The van der Waals surface area contributed by atoms with Crippen LogP contribution in [0.2, 0.25) is 0 Å². The molecule has 0 saturated carbocycles. The lowest BCUT2D eigenvalue weighted by atomic mass is 10.0. The molecule has 78 valence electrons. The molecule has 2 fully saturated rings. The molecule has 0 aromatic carbocycles. The van der Waals surface area contributed by atoms with Crippen LogP contribution in [0.15, 0.2) is 0 Å². The number of carbonyl (C=O) groups excluding carboxylic acids is 2. The standard InChI is InChI=1S/C10H15NO3/c1-2-14-10(13)11-7-4-3-5-8(11)9(12)6-7/h7-8H,2-6H2,1H3. The van der Waals surface area contributed by atoms with E-state index in [1.807, 2.05) is 0 Å². The van der Waals surface area contributed by atoms with Gasteiger partial charge in [-0.05, 0) is 26.2 Å². The smallest absolute Gasteiger partial charge is 0.410 e. The number of Topliss-reactive ketones (excluding diaryl/α,β-unsaturated/α-hetero) is 1. The molecule has 0 radical (unpaired) electrons. The molecule has 4 nitrogen and oxygen atoms in total. The van der Waals surface area contributed by atoms with Crippen molar-refractivity contribution >= 4 is 11.9 Å². The molecule has 2 bridgehead atoms. The van der Waals surface area contributed by atoms with E-state index in [-0.39, 0.29) is 24.0 Å². The number of nitrogens with zero attached hydrogens (tertiary/aromatic N) is 1. The maximum absolute atomic E-state index is 11.6. The lowest BCUT2D eigenvalue weighted by molar-refractivity contribution is -0.119. The second kappa shape index (κ2) is 3.59. The Morgan fingerprint density at radius 3 is 3.00 bits per heavy atom. The number of ether oxygens (including phenoxy) is 1. The van der Waals surface area contributed by atoms with Crippen molar-refractivity contribution < 1.29 is 14.3 Å². The summed E-state index contributed by atoms with van der Waals surface area (Å²) in [6.45, 7) is 2.16. The molecule has 2 rings (SSSR count). The maximum atomic E-state index is 11.6. The first kappa shape index (κ1) is 9.49. The van der Waals surface area contributed by atoms with Crippen molar-refractivity contribution in [2.75, 3.05) is 6.61 Å². The monoisotopic (exact) mass is 197 g/mol. The Hall–Kier alpha value is -1.06. The first-order valence-corrected chi connectivity index (χ1v) is 5.22. The molecule has 2 heterocycles. The summed E-state index contributed by atoms with van der Waals surface area (Å²) < 4.78 is 4.95. The summed E-state index contributed by atoms with van der Waals surface area (Å²) in [5.74, 6) is 0.209. The summed E-state index contributed by atoms with van der Waals surface area (Å²) in [7, 11) is 0. The van der Waals surface area contributed by atoms with Crippen molar-refractivity contribution in [1.82, 2.24) is 4.90 Å². The van der Waals surface area contributed by atoms with Gasteiger partial charge in [-0.25, -0.2) is 4.79 Å². The molecule has 2 aliphatic rings. The van der Waals surface area contributed by atoms with Crippen LogP contribution in [0.5, 0.6) is 0 Å². The third-order valence-corrected chi connectivity index (χ3v) is 3.03. The zero-order chi connectivity index (χ0) is 10.1. The van der Waals surface area contributed by atoms with Crippen molar-refractivity contribution in [3.8, 4) is 0 Å². The zero-order valence-electron chi connectivity index (χ0n) is 8.36. The van der Waals surface area contributed by atoms with Crippen LogP contribution in [-0.2, 0) is 9.53 Å². The van der Waals surface area contributed by atoms with Gasteiger partial charge in [0.1, 0.15) is 0 Å². The predicted molar refractivity (Wildman–Crippen MR) is 49.9 cm³/mol. The summed E-state index contributed by atoms with van der Waals surface area (Å²) in [6.07, 6.45) is 3.03.